The Bertz CT molecular complexity index is 235. The van der Waals surface area contributed by atoms with Gasteiger partial charge in [-0.3, -0.25) is 0 Å². The summed E-state index contributed by atoms with van der Waals surface area (Å²) in [5.41, 5.74) is 1.35. The summed E-state index contributed by atoms with van der Waals surface area (Å²) in [5.74, 6) is 0.569. The molecule has 0 spiro atoms. The first-order valence-electron chi connectivity index (χ1n) is 4.41. The van der Waals surface area contributed by atoms with Crippen LogP contribution in [0.4, 0.5) is 0 Å². The van der Waals surface area contributed by atoms with Crippen molar-refractivity contribution in [1.82, 2.24) is 4.37 Å². The van der Waals surface area contributed by atoms with E-state index >= 15 is 0 Å². The van der Waals surface area contributed by atoms with E-state index in [-0.39, 0.29) is 0 Å². The highest BCUT2D eigenvalue weighted by Gasteiger charge is 2.24. The summed E-state index contributed by atoms with van der Waals surface area (Å²) in [4.78, 5) is 0. The first kappa shape index (κ1) is 8.52. The van der Waals surface area contributed by atoms with Crippen molar-refractivity contribution in [2.75, 3.05) is 0 Å². The molecule has 0 saturated heterocycles. The SMILES string of the molecule is ClC1CCCCC1c1cnsc1. The van der Waals surface area contributed by atoms with Crippen LogP contribution in [0, 0.1) is 0 Å². The zero-order valence-corrected chi connectivity index (χ0v) is 8.44. The molecule has 12 heavy (non-hydrogen) atoms. The van der Waals surface area contributed by atoms with Crippen molar-refractivity contribution in [2.24, 2.45) is 0 Å². The number of aromatic nitrogens is 1. The Hall–Kier alpha value is -0.0800. The van der Waals surface area contributed by atoms with Crippen molar-refractivity contribution in [3.05, 3.63) is 17.1 Å². The van der Waals surface area contributed by atoms with Gasteiger partial charge in [0.25, 0.3) is 0 Å². The van der Waals surface area contributed by atoms with Crippen molar-refractivity contribution in [1.29, 1.82) is 0 Å². The molecule has 1 aromatic rings. The van der Waals surface area contributed by atoms with E-state index in [1.165, 1.54) is 42.8 Å². The fourth-order valence-electron chi connectivity index (χ4n) is 1.86. The first-order valence-corrected chi connectivity index (χ1v) is 5.68. The number of alkyl halides is 1. The number of rotatable bonds is 1. The molecule has 1 nitrogen and oxygen atoms in total. The third-order valence-electron chi connectivity index (χ3n) is 2.56. The maximum Gasteiger partial charge on any atom is 0.0442 e. The fraction of sp³-hybridized carbons (Fsp3) is 0.667. The highest BCUT2D eigenvalue weighted by Crippen LogP contribution is 2.36. The van der Waals surface area contributed by atoms with Gasteiger partial charge >= 0.3 is 0 Å². The molecule has 66 valence electrons. The second-order valence-electron chi connectivity index (χ2n) is 3.36. The standard InChI is InChI=1S/C9H12ClNS/c10-9-4-2-1-3-8(9)7-5-11-12-6-7/h5-6,8-9H,1-4H2. The zero-order valence-electron chi connectivity index (χ0n) is 6.87. The molecule has 2 atom stereocenters. The van der Waals surface area contributed by atoms with Gasteiger partial charge in [0, 0.05) is 22.9 Å². The molecular formula is C9H12ClNS. The lowest BCUT2D eigenvalue weighted by atomic mass is 9.85. The number of hydrogen-bond acceptors (Lipinski definition) is 2. The summed E-state index contributed by atoms with van der Waals surface area (Å²) in [6.07, 6.45) is 7.00. The Morgan fingerprint density at radius 1 is 1.42 bits per heavy atom. The van der Waals surface area contributed by atoms with Crippen molar-refractivity contribution in [3.8, 4) is 0 Å². The van der Waals surface area contributed by atoms with Crippen LogP contribution in [0.2, 0.25) is 0 Å². The Morgan fingerprint density at radius 2 is 2.25 bits per heavy atom. The summed E-state index contributed by atoms with van der Waals surface area (Å²) in [5, 5.41) is 2.47. The topological polar surface area (TPSA) is 12.9 Å². The Morgan fingerprint density at radius 3 is 2.92 bits per heavy atom. The van der Waals surface area contributed by atoms with Crippen molar-refractivity contribution in [2.45, 2.75) is 37.0 Å². The number of hydrogen-bond donors (Lipinski definition) is 0. The molecule has 0 aliphatic heterocycles. The highest BCUT2D eigenvalue weighted by molar-refractivity contribution is 7.03. The summed E-state index contributed by atoms with van der Waals surface area (Å²) < 4.78 is 4.11. The van der Waals surface area contributed by atoms with Gasteiger partial charge in [-0.05, 0) is 29.9 Å². The summed E-state index contributed by atoms with van der Waals surface area (Å²) in [6, 6.07) is 0. The Balaban J connectivity index is 2.11. The molecule has 1 aromatic heterocycles. The van der Waals surface area contributed by atoms with Gasteiger partial charge in [0.15, 0.2) is 0 Å². The minimum absolute atomic E-state index is 0.343. The molecule has 3 heteroatoms. The molecule has 0 amide bonds. The van der Waals surface area contributed by atoms with Gasteiger partial charge in [-0.1, -0.05) is 12.8 Å². The molecule has 0 N–H and O–H groups in total. The van der Waals surface area contributed by atoms with E-state index in [1.54, 1.807) is 0 Å². The monoisotopic (exact) mass is 201 g/mol. The van der Waals surface area contributed by atoms with E-state index in [2.05, 4.69) is 9.75 Å². The maximum atomic E-state index is 6.25. The van der Waals surface area contributed by atoms with E-state index in [9.17, 15) is 0 Å². The number of nitrogens with zero attached hydrogens (tertiary/aromatic N) is 1. The quantitative estimate of drug-likeness (QED) is 0.635. The van der Waals surface area contributed by atoms with Crippen LogP contribution in [0.3, 0.4) is 0 Å². The molecule has 0 aromatic carbocycles. The van der Waals surface area contributed by atoms with E-state index in [0.29, 0.717) is 11.3 Å². The fourth-order valence-corrected chi connectivity index (χ4v) is 2.88. The Kier molecular flexibility index (Phi) is 2.66. The molecule has 2 unspecified atom stereocenters. The predicted octanol–water partition coefficient (Wildman–Crippen LogP) is 3.41. The average Bonchev–Trinajstić information content (AvgIpc) is 2.57. The molecular weight excluding hydrogens is 190 g/mol. The molecule has 1 fully saturated rings. The Labute approximate surface area is 81.9 Å². The van der Waals surface area contributed by atoms with Crippen LogP contribution >= 0.6 is 23.1 Å². The minimum Gasteiger partial charge on any atom is -0.201 e. The van der Waals surface area contributed by atoms with Crippen molar-refractivity contribution >= 4 is 23.1 Å². The van der Waals surface area contributed by atoms with Crippen LogP contribution in [0.5, 0.6) is 0 Å². The molecule has 1 aliphatic rings. The first-order chi connectivity index (χ1) is 5.88. The van der Waals surface area contributed by atoms with Crippen LogP contribution < -0.4 is 0 Å². The van der Waals surface area contributed by atoms with Crippen LogP contribution in [0.1, 0.15) is 37.2 Å². The maximum absolute atomic E-state index is 6.25. The molecule has 2 rings (SSSR count). The van der Waals surface area contributed by atoms with E-state index in [4.69, 9.17) is 11.6 Å². The smallest absolute Gasteiger partial charge is 0.0442 e. The van der Waals surface area contributed by atoms with Crippen LogP contribution in [0.25, 0.3) is 0 Å². The third kappa shape index (κ3) is 1.64. The lowest BCUT2D eigenvalue weighted by Crippen LogP contribution is -2.16. The number of halogens is 1. The van der Waals surface area contributed by atoms with Crippen molar-refractivity contribution in [3.63, 3.8) is 0 Å². The summed E-state index contributed by atoms with van der Waals surface area (Å²) >= 11 is 7.78. The van der Waals surface area contributed by atoms with Gasteiger partial charge in [0.2, 0.25) is 0 Å². The molecule has 1 heterocycles. The van der Waals surface area contributed by atoms with Gasteiger partial charge in [0.1, 0.15) is 0 Å². The largest absolute Gasteiger partial charge is 0.201 e. The zero-order chi connectivity index (χ0) is 8.39. The van der Waals surface area contributed by atoms with Gasteiger partial charge in [0.05, 0.1) is 0 Å². The van der Waals surface area contributed by atoms with Gasteiger partial charge in [-0.15, -0.1) is 11.6 Å². The minimum atomic E-state index is 0.343. The third-order valence-corrected chi connectivity index (χ3v) is 3.69. The van der Waals surface area contributed by atoms with Gasteiger partial charge in [-0.2, -0.15) is 0 Å². The molecule has 0 bridgehead atoms. The van der Waals surface area contributed by atoms with Gasteiger partial charge < -0.3 is 0 Å². The highest BCUT2D eigenvalue weighted by atomic mass is 35.5. The van der Waals surface area contributed by atoms with E-state index in [0.717, 1.165) is 0 Å². The van der Waals surface area contributed by atoms with Crippen molar-refractivity contribution < 1.29 is 0 Å². The molecule has 1 saturated carbocycles. The average molecular weight is 202 g/mol. The summed E-state index contributed by atoms with van der Waals surface area (Å²) in [7, 11) is 0. The van der Waals surface area contributed by atoms with Crippen LogP contribution in [-0.2, 0) is 0 Å². The van der Waals surface area contributed by atoms with E-state index in [1.807, 2.05) is 6.20 Å². The van der Waals surface area contributed by atoms with Crippen LogP contribution in [-0.4, -0.2) is 9.75 Å². The molecule has 0 radical (unpaired) electrons. The lowest BCUT2D eigenvalue weighted by molar-refractivity contribution is 0.451. The second kappa shape index (κ2) is 3.75. The predicted molar refractivity (Wildman–Crippen MR) is 53.0 cm³/mol. The van der Waals surface area contributed by atoms with E-state index < -0.39 is 0 Å². The lowest BCUT2D eigenvalue weighted by Gasteiger charge is -2.25. The van der Waals surface area contributed by atoms with Crippen LogP contribution in [0.15, 0.2) is 11.6 Å². The second-order valence-corrected chi connectivity index (χ2v) is 4.58. The summed E-state index contributed by atoms with van der Waals surface area (Å²) in [6.45, 7) is 0. The normalized spacial score (nSPS) is 30.4. The molecule has 1 aliphatic carbocycles. The van der Waals surface area contributed by atoms with Gasteiger partial charge in [-0.25, -0.2) is 4.37 Å².